The smallest absolute Gasteiger partial charge is 0.313 e. The number of likely N-dealkylation sites (tertiary alicyclic amines) is 1. The van der Waals surface area contributed by atoms with Crippen LogP contribution in [-0.4, -0.2) is 33.8 Å². The third-order valence-electron chi connectivity index (χ3n) is 4.44. The number of piperidine rings is 1. The van der Waals surface area contributed by atoms with E-state index in [-0.39, 0.29) is 6.04 Å². The SMILES string of the molecule is Cc1ccc(NC(=O)C(=O)N2C(C)(C)CC(N)CC2(C)C)cc1. The summed E-state index contributed by atoms with van der Waals surface area (Å²) in [5, 5.41) is 2.69. The van der Waals surface area contributed by atoms with Gasteiger partial charge in [-0.3, -0.25) is 9.59 Å². The van der Waals surface area contributed by atoms with Crippen molar-refractivity contribution in [3.8, 4) is 0 Å². The second kappa shape index (κ2) is 5.96. The highest BCUT2D eigenvalue weighted by Crippen LogP contribution is 2.37. The van der Waals surface area contributed by atoms with Gasteiger partial charge in [0, 0.05) is 22.8 Å². The number of hydrogen-bond donors (Lipinski definition) is 2. The summed E-state index contributed by atoms with van der Waals surface area (Å²) in [5.74, 6) is -1.11. The molecular weight excluding hydrogens is 290 g/mol. The predicted octanol–water partition coefficient (Wildman–Crippen LogP) is 2.44. The van der Waals surface area contributed by atoms with Gasteiger partial charge in [-0.05, 0) is 59.6 Å². The molecule has 126 valence electrons. The van der Waals surface area contributed by atoms with Gasteiger partial charge in [0.25, 0.3) is 0 Å². The summed E-state index contributed by atoms with van der Waals surface area (Å²) in [6.45, 7) is 9.82. The number of anilines is 1. The summed E-state index contributed by atoms with van der Waals surface area (Å²) >= 11 is 0. The first-order valence-electron chi connectivity index (χ1n) is 8.01. The van der Waals surface area contributed by atoms with Crippen LogP contribution in [0.4, 0.5) is 5.69 Å². The molecule has 23 heavy (non-hydrogen) atoms. The van der Waals surface area contributed by atoms with E-state index in [2.05, 4.69) is 5.32 Å². The minimum Gasteiger partial charge on any atom is -0.328 e. The molecule has 2 amide bonds. The molecule has 1 saturated heterocycles. The van der Waals surface area contributed by atoms with E-state index in [9.17, 15) is 9.59 Å². The third-order valence-corrected chi connectivity index (χ3v) is 4.44. The molecule has 1 aromatic rings. The Morgan fingerprint density at radius 1 is 1.09 bits per heavy atom. The minimum atomic E-state index is -0.606. The zero-order valence-corrected chi connectivity index (χ0v) is 14.6. The van der Waals surface area contributed by atoms with Crippen LogP contribution in [0, 0.1) is 6.92 Å². The summed E-state index contributed by atoms with van der Waals surface area (Å²) in [5.41, 5.74) is 6.93. The molecule has 2 rings (SSSR count). The van der Waals surface area contributed by atoms with Gasteiger partial charge in [-0.2, -0.15) is 0 Å². The highest BCUT2D eigenvalue weighted by Gasteiger charge is 2.48. The normalized spacial score (nSPS) is 20.2. The first-order chi connectivity index (χ1) is 10.5. The Labute approximate surface area is 138 Å². The molecule has 3 N–H and O–H groups in total. The summed E-state index contributed by atoms with van der Waals surface area (Å²) in [7, 11) is 0. The second-order valence-electron chi connectivity index (χ2n) is 7.75. The summed E-state index contributed by atoms with van der Waals surface area (Å²) < 4.78 is 0. The van der Waals surface area contributed by atoms with Crippen LogP contribution in [0.25, 0.3) is 0 Å². The molecule has 0 saturated carbocycles. The van der Waals surface area contributed by atoms with E-state index >= 15 is 0 Å². The number of amides is 2. The maximum Gasteiger partial charge on any atom is 0.313 e. The number of nitrogens with one attached hydrogen (secondary N) is 1. The predicted molar refractivity (Wildman–Crippen MR) is 92.0 cm³/mol. The van der Waals surface area contributed by atoms with E-state index in [4.69, 9.17) is 5.73 Å². The number of nitrogens with zero attached hydrogens (tertiary/aromatic N) is 1. The van der Waals surface area contributed by atoms with E-state index < -0.39 is 22.9 Å². The largest absolute Gasteiger partial charge is 0.328 e. The molecular formula is C18H27N3O2. The lowest BCUT2D eigenvalue weighted by atomic mass is 9.77. The van der Waals surface area contributed by atoms with Crippen LogP contribution >= 0.6 is 0 Å². The van der Waals surface area contributed by atoms with Crippen LogP contribution in [0.5, 0.6) is 0 Å². The molecule has 5 nitrogen and oxygen atoms in total. The molecule has 0 unspecified atom stereocenters. The van der Waals surface area contributed by atoms with Crippen molar-refractivity contribution in [3.63, 3.8) is 0 Å². The van der Waals surface area contributed by atoms with Gasteiger partial charge in [0.1, 0.15) is 0 Å². The van der Waals surface area contributed by atoms with Gasteiger partial charge in [-0.1, -0.05) is 17.7 Å². The zero-order valence-electron chi connectivity index (χ0n) is 14.6. The first kappa shape index (κ1) is 17.5. The van der Waals surface area contributed by atoms with Crippen LogP contribution in [0.15, 0.2) is 24.3 Å². The topological polar surface area (TPSA) is 75.4 Å². The molecule has 0 atom stereocenters. The molecule has 5 heteroatoms. The van der Waals surface area contributed by atoms with Crippen LogP contribution in [-0.2, 0) is 9.59 Å². The number of nitrogens with two attached hydrogens (primary N) is 1. The Morgan fingerprint density at radius 3 is 2.04 bits per heavy atom. The second-order valence-corrected chi connectivity index (χ2v) is 7.75. The number of rotatable bonds is 1. The minimum absolute atomic E-state index is 0.0317. The summed E-state index contributed by atoms with van der Waals surface area (Å²) in [6, 6.07) is 7.41. The molecule has 0 radical (unpaired) electrons. The zero-order chi connectivity index (χ0) is 17.4. The van der Waals surface area contributed by atoms with E-state index in [1.54, 1.807) is 17.0 Å². The number of aryl methyl sites for hydroxylation is 1. The van der Waals surface area contributed by atoms with Crippen molar-refractivity contribution in [1.29, 1.82) is 0 Å². The highest BCUT2D eigenvalue weighted by molar-refractivity contribution is 6.39. The lowest BCUT2D eigenvalue weighted by Crippen LogP contribution is -2.66. The van der Waals surface area contributed by atoms with Crippen LogP contribution in [0.2, 0.25) is 0 Å². The van der Waals surface area contributed by atoms with E-state index in [0.29, 0.717) is 18.5 Å². The van der Waals surface area contributed by atoms with Crippen LogP contribution in [0.3, 0.4) is 0 Å². The molecule has 0 aromatic heterocycles. The van der Waals surface area contributed by atoms with E-state index in [1.807, 2.05) is 46.8 Å². The molecule has 0 spiro atoms. The van der Waals surface area contributed by atoms with Gasteiger partial charge in [-0.15, -0.1) is 0 Å². The van der Waals surface area contributed by atoms with Gasteiger partial charge < -0.3 is 16.0 Å². The maximum atomic E-state index is 12.8. The Kier molecular flexibility index (Phi) is 4.53. The maximum absolute atomic E-state index is 12.8. The average Bonchev–Trinajstić information content (AvgIpc) is 2.37. The van der Waals surface area contributed by atoms with Crippen molar-refractivity contribution in [2.24, 2.45) is 5.73 Å². The Hall–Kier alpha value is -1.88. The Morgan fingerprint density at radius 2 is 1.57 bits per heavy atom. The van der Waals surface area contributed by atoms with E-state index in [0.717, 1.165) is 5.56 Å². The number of hydrogen-bond acceptors (Lipinski definition) is 3. The van der Waals surface area contributed by atoms with Crippen molar-refractivity contribution < 1.29 is 9.59 Å². The fraction of sp³-hybridized carbons (Fsp3) is 0.556. The first-order valence-corrected chi connectivity index (χ1v) is 8.01. The lowest BCUT2D eigenvalue weighted by Gasteiger charge is -2.54. The van der Waals surface area contributed by atoms with Crippen molar-refractivity contribution in [3.05, 3.63) is 29.8 Å². The fourth-order valence-electron chi connectivity index (χ4n) is 3.83. The average molecular weight is 317 g/mol. The number of carbonyl (C=O) groups excluding carboxylic acids is 2. The van der Waals surface area contributed by atoms with Gasteiger partial charge in [0.05, 0.1) is 0 Å². The Balaban J connectivity index is 2.20. The van der Waals surface area contributed by atoms with Gasteiger partial charge in [0.2, 0.25) is 0 Å². The standard InChI is InChI=1S/C18H27N3O2/c1-12-6-8-14(9-7-12)20-15(22)16(23)21-17(2,3)10-13(19)11-18(21,4)5/h6-9,13H,10-11,19H2,1-5H3,(H,20,22). The third kappa shape index (κ3) is 3.72. The molecule has 1 aliphatic heterocycles. The molecule has 0 aliphatic carbocycles. The van der Waals surface area contributed by atoms with Crippen molar-refractivity contribution in [1.82, 2.24) is 4.90 Å². The van der Waals surface area contributed by atoms with Crippen LogP contribution in [0.1, 0.15) is 46.1 Å². The Bertz CT molecular complexity index is 587. The summed E-state index contributed by atoms with van der Waals surface area (Å²) in [6.07, 6.45) is 1.36. The number of benzene rings is 1. The van der Waals surface area contributed by atoms with Crippen molar-refractivity contribution in [2.45, 2.75) is 64.6 Å². The lowest BCUT2D eigenvalue weighted by molar-refractivity contribution is -0.156. The monoisotopic (exact) mass is 317 g/mol. The molecule has 0 bridgehead atoms. The molecule has 1 heterocycles. The van der Waals surface area contributed by atoms with Gasteiger partial charge >= 0.3 is 11.8 Å². The van der Waals surface area contributed by atoms with Gasteiger partial charge in [-0.25, -0.2) is 0 Å². The highest BCUT2D eigenvalue weighted by atomic mass is 16.2. The van der Waals surface area contributed by atoms with Crippen molar-refractivity contribution >= 4 is 17.5 Å². The number of carbonyl (C=O) groups is 2. The molecule has 1 aliphatic rings. The van der Waals surface area contributed by atoms with Gasteiger partial charge in [0.15, 0.2) is 0 Å². The van der Waals surface area contributed by atoms with E-state index in [1.165, 1.54) is 0 Å². The molecule has 1 aromatic carbocycles. The van der Waals surface area contributed by atoms with Crippen LogP contribution < -0.4 is 11.1 Å². The molecule has 1 fully saturated rings. The quantitative estimate of drug-likeness (QED) is 0.781. The fourth-order valence-corrected chi connectivity index (χ4v) is 3.83. The van der Waals surface area contributed by atoms with Crippen molar-refractivity contribution in [2.75, 3.05) is 5.32 Å². The summed E-state index contributed by atoms with van der Waals surface area (Å²) in [4.78, 5) is 26.9.